The van der Waals surface area contributed by atoms with Gasteiger partial charge in [-0.25, -0.2) is 4.98 Å². The summed E-state index contributed by atoms with van der Waals surface area (Å²) in [7, 11) is 0. The predicted molar refractivity (Wildman–Crippen MR) is 81.7 cm³/mol. The van der Waals surface area contributed by atoms with Crippen LogP contribution in [-0.2, 0) is 0 Å². The van der Waals surface area contributed by atoms with Crippen molar-refractivity contribution < 1.29 is 4.74 Å². The summed E-state index contributed by atoms with van der Waals surface area (Å²) < 4.78 is 7.00. The molecule has 2 heterocycles. The van der Waals surface area contributed by atoms with E-state index >= 15 is 0 Å². The molecule has 0 saturated carbocycles. The summed E-state index contributed by atoms with van der Waals surface area (Å²) in [5.74, 6) is 2.85. The Hall–Kier alpha value is -3.06. The molecule has 102 valence electrons. The van der Waals surface area contributed by atoms with Gasteiger partial charge in [-0.1, -0.05) is 24.1 Å². The Kier molecular flexibility index (Phi) is 3.40. The summed E-state index contributed by atoms with van der Waals surface area (Å²) in [6.07, 6.45) is 6.85. The third-order valence-corrected chi connectivity index (χ3v) is 3.06. The molecule has 0 bridgehead atoms. The minimum absolute atomic E-state index is 0.110. The Labute approximate surface area is 121 Å². The smallest absolute Gasteiger partial charge is 0.260 e. The van der Waals surface area contributed by atoms with Crippen molar-refractivity contribution in [3.05, 3.63) is 65.1 Å². The third kappa shape index (κ3) is 2.37. The van der Waals surface area contributed by atoms with Crippen LogP contribution in [0, 0.1) is 12.3 Å². The van der Waals surface area contributed by atoms with E-state index in [0.717, 1.165) is 11.1 Å². The van der Waals surface area contributed by atoms with Gasteiger partial charge < -0.3 is 4.74 Å². The van der Waals surface area contributed by atoms with Gasteiger partial charge in [0.15, 0.2) is 5.65 Å². The minimum Gasteiger partial charge on any atom is -0.480 e. The van der Waals surface area contributed by atoms with Crippen LogP contribution in [0.25, 0.3) is 16.7 Å². The van der Waals surface area contributed by atoms with Crippen LogP contribution >= 0.6 is 0 Å². The Morgan fingerprint density at radius 3 is 2.76 bits per heavy atom. The minimum atomic E-state index is -0.209. The molecule has 0 aliphatic carbocycles. The summed E-state index contributed by atoms with van der Waals surface area (Å²) >= 11 is 0. The van der Waals surface area contributed by atoms with E-state index in [-0.39, 0.29) is 12.2 Å². The van der Waals surface area contributed by atoms with Crippen molar-refractivity contribution in [3.8, 4) is 23.8 Å². The van der Waals surface area contributed by atoms with E-state index in [0.29, 0.717) is 11.4 Å². The van der Waals surface area contributed by atoms with E-state index in [1.54, 1.807) is 16.8 Å². The number of hydrogen-bond donors (Lipinski definition) is 0. The van der Waals surface area contributed by atoms with Crippen molar-refractivity contribution in [2.75, 3.05) is 6.61 Å². The van der Waals surface area contributed by atoms with Gasteiger partial charge in [0, 0.05) is 12.3 Å². The fourth-order valence-corrected chi connectivity index (χ4v) is 2.19. The number of para-hydroxylation sites is 1. The predicted octanol–water partition coefficient (Wildman–Crippen LogP) is 2.40. The van der Waals surface area contributed by atoms with Crippen molar-refractivity contribution in [3.63, 3.8) is 0 Å². The van der Waals surface area contributed by atoms with Gasteiger partial charge in [-0.3, -0.25) is 9.36 Å². The number of aromatic nitrogens is 2. The summed E-state index contributed by atoms with van der Waals surface area (Å²) in [4.78, 5) is 16.7. The second-order valence-electron chi connectivity index (χ2n) is 4.39. The second kappa shape index (κ2) is 5.51. The summed E-state index contributed by atoms with van der Waals surface area (Å²) in [6.45, 7) is 0.110. The molecule has 0 spiro atoms. The molecule has 21 heavy (non-hydrogen) atoms. The molecule has 3 rings (SSSR count). The lowest BCUT2D eigenvalue weighted by molar-refractivity contribution is 0.374. The van der Waals surface area contributed by atoms with Crippen LogP contribution in [0.15, 0.2) is 59.5 Å². The van der Waals surface area contributed by atoms with Crippen LogP contribution < -0.4 is 10.3 Å². The molecule has 1 aromatic carbocycles. The fourth-order valence-electron chi connectivity index (χ4n) is 2.19. The van der Waals surface area contributed by atoms with E-state index < -0.39 is 0 Å². The zero-order valence-electron chi connectivity index (χ0n) is 11.2. The number of ether oxygens (including phenoxy) is 1. The lowest BCUT2D eigenvalue weighted by Gasteiger charge is -2.12. The normalized spacial score (nSPS) is 10.2. The van der Waals surface area contributed by atoms with E-state index in [9.17, 15) is 4.79 Å². The molecular formula is C17H12N2O2. The van der Waals surface area contributed by atoms with E-state index in [1.165, 1.54) is 6.07 Å². The Balaban J connectivity index is 2.31. The van der Waals surface area contributed by atoms with Gasteiger partial charge in [-0.15, -0.1) is 6.42 Å². The molecule has 0 fully saturated rings. The highest BCUT2D eigenvalue weighted by Gasteiger charge is 2.11. The van der Waals surface area contributed by atoms with Gasteiger partial charge in [-0.05, 0) is 24.3 Å². The van der Waals surface area contributed by atoms with Crippen molar-refractivity contribution in [1.82, 2.24) is 9.55 Å². The van der Waals surface area contributed by atoms with Gasteiger partial charge >= 0.3 is 0 Å². The molecule has 0 aliphatic heterocycles. The molecule has 0 atom stereocenters. The molecule has 3 aromatic rings. The molecule has 0 radical (unpaired) electrons. The van der Waals surface area contributed by atoms with E-state index in [4.69, 9.17) is 11.2 Å². The zero-order valence-corrected chi connectivity index (χ0v) is 11.2. The second-order valence-corrected chi connectivity index (χ2v) is 4.39. The van der Waals surface area contributed by atoms with Crippen LogP contribution in [0.5, 0.6) is 5.75 Å². The van der Waals surface area contributed by atoms with Gasteiger partial charge in [-0.2, -0.15) is 0 Å². The topological polar surface area (TPSA) is 44.1 Å². The van der Waals surface area contributed by atoms with Gasteiger partial charge in [0.2, 0.25) is 0 Å². The van der Waals surface area contributed by atoms with Crippen molar-refractivity contribution >= 4 is 11.0 Å². The van der Waals surface area contributed by atoms with E-state index in [1.807, 2.05) is 36.4 Å². The Morgan fingerprint density at radius 1 is 1.19 bits per heavy atom. The average Bonchev–Trinajstić information content (AvgIpc) is 2.53. The first kappa shape index (κ1) is 12.9. The SMILES string of the molecule is C#CCOc1cc(=O)n(-c2ccccc2)c2ncccc12. The number of terminal acetylenes is 1. The first-order valence-corrected chi connectivity index (χ1v) is 6.44. The fraction of sp³-hybridized carbons (Fsp3) is 0.0588. The third-order valence-electron chi connectivity index (χ3n) is 3.06. The monoisotopic (exact) mass is 276 g/mol. The Bertz CT molecular complexity index is 877. The zero-order chi connectivity index (χ0) is 14.7. The number of hydrogen-bond acceptors (Lipinski definition) is 3. The first-order valence-electron chi connectivity index (χ1n) is 6.44. The molecule has 0 amide bonds. The van der Waals surface area contributed by atoms with Gasteiger partial charge in [0.1, 0.15) is 12.4 Å². The first-order chi connectivity index (χ1) is 10.3. The maximum atomic E-state index is 12.4. The summed E-state index contributed by atoms with van der Waals surface area (Å²) in [5.41, 5.74) is 1.09. The molecule has 2 aromatic heterocycles. The highest BCUT2D eigenvalue weighted by atomic mass is 16.5. The van der Waals surface area contributed by atoms with Crippen LogP contribution in [0.3, 0.4) is 0 Å². The van der Waals surface area contributed by atoms with Gasteiger partial charge in [0.25, 0.3) is 5.56 Å². The number of nitrogens with zero attached hydrogens (tertiary/aromatic N) is 2. The van der Waals surface area contributed by atoms with Crippen LogP contribution in [-0.4, -0.2) is 16.2 Å². The molecule has 0 saturated heterocycles. The van der Waals surface area contributed by atoms with Crippen molar-refractivity contribution in [2.45, 2.75) is 0 Å². The molecule has 0 unspecified atom stereocenters. The van der Waals surface area contributed by atoms with E-state index in [2.05, 4.69) is 10.9 Å². The highest BCUT2D eigenvalue weighted by Crippen LogP contribution is 2.23. The summed E-state index contributed by atoms with van der Waals surface area (Å²) in [5, 5.41) is 0.746. The molecule has 4 heteroatoms. The molecule has 0 aliphatic rings. The van der Waals surface area contributed by atoms with Gasteiger partial charge in [0.05, 0.1) is 11.1 Å². The van der Waals surface area contributed by atoms with Crippen LogP contribution in [0.1, 0.15) is 0 Å². The number of rotatable bonds is 3. The van der Waals surface area contributed by atoms with Crippen molar-refractivity contribution in [1.29, 1.82) is 0 Å². The maximum Gasteiger partial charge on any atom is 0.260 e. The molecule has 4 nitrogen and oxygen atoms in total. The number of benzene rings is 1. The standard InChI is InChI=1S/C17H12N2O2/c1-2-11-21-15-12-16(20)19(13-7-4-3-5-8-13)17-14(15)9-6-10-18-17/h1,3-10,12H,11H2. The quantitative estimate of drug-likeness (QED) is 0.690. The molecule has 0 N–H and O–H groups in total. The van der Waals surface area contributed by atoms with Crippen LogP contribution in [0.4, 0.5) is 0 Å². The largest absolute Gasteiger partial charge is 0.480 e. The lowest BCUT2D eigenvalue weighted by atomic mass is 10.2. The van der Waals surface area contributed by atoms with Crippen LogP contribution in [0.2, 0.25) is 0 Å². The molecular weight excluding hydrogens is 264 g/mol. The number of pyridine rings is 2. The summed E-state index contributed by atoms with van der Waals surface area (Å²) in [6, 6.07) is 14.5. The maximum absolute atomic E-state index is 12.4. The lowest BCUT2D eigenvalue weighted by Crippen LogP contribution is -2.19. The van der Waals surface area contributed by atoms with Crippen molar-refractivity contribution in [2.24, 2.45) is 0 Å². The number of fused-ring (bicyclic) bond motifs is 1. The average molecular weight is 276 g/mol. The Morgan fingerprint density at radius 2 is 2.00 bits per heavy atom. The highest BCUT2D eigenvalue weighted by molar-refractivity contribution is 5.83.